The van der Waals surface area contributed by atoms with Crippen molar-refractivity contribution in [2.75, 3.05) is 24.5 Å². The minimum Gasteiger partial charge on any atom is -0.371 e. The van der Waals surface area contributed by atoms with Gasteiger partial charge in [-0.1, -0.05) is 18.2 Å². The smallest absolute Gasteiger partial charge is 0.216 e. The fourth-order valence-electron chi connectivity index (χ4n) is 2.83. The second-order valence-corrected chi connectivity index (χ2v) is 5.72. The molecule has 1 amide bonds. The van der Waals surface area contributed by atoms with Crippen LogP contribution in [0.25, 0.3) is 0 Å². The van der Waals surface area contributed by atoms with Crippen molar-refractivity contribution in [3.05, 3.63) is 29.8 Å². The van der Waals surface area contributed by atoms with Crippen LogP contribution in [0.3, 0.4) is 0 Å². The first-order valence-corrected chi connectivity index (χ1v) is 7.42. The molecule has 1 aromatic carbocycles. The Kier molecular flexibility index (Phi) is 5.01. The van der Waals surface area contributed by atoms with Gasteiger partial charge in [-0.05, 0) is 37.3 Å². The molecule has 0 radical (unpaired) electrons. The van der Waals surface area contributed by atoms with Crippen LogP contribution in [0.5, 0.6) is 0 Å². The van der Waals surface area contributed by atoms with Gasteiger partial charge in [-0.3, -0.25) is 4.79 Å². The van der Waals surface area contributed by atoms with E-state index in [9.17, 15) is 4.79 Å². The van der Waals surface area contributed by atoms with Gasteiger partial charge in [0.2, 0.25) is 5.91 Å². The monoisotopic (exact) mass is 275 g/mol. The number of hydrogen-bond donors (Lipinski definition) is 2. The predicted molar refractivity (Wildman–Crippen MR) is 82.7 cm³/mol. The van der Waals surface area contributed by atoms with E-state index >= 15 is 0 Å². The van der Waals surface area contributed by atoms with Gasteiger partial charge in [-0.15, -0.1) is 0 Å². The minimum atomic E-state index is 0.0586. The van der Waals surface area contributed by atoms with Gasteiger partial charge in [0.05, 0.1) is 0 Å². The molecule has 110 valence electrons. The second-order valence-electron chi connectivity index (χ2n) is 5.72. The summed E-state index contributed by atoms with van der Waals surface area (Å²) in [5.41, 5.74) is 8.54. The quantitative estimate of drug-likeness (QED) is 0.884. The van der Waals surface area contributed by atoms with Crippen molar-refractivity contribution in [1.82, 2.24) is 5.32 Å². The van der Waals surface area contributed by atoms with Gasteiger partial charge < -0.3 is 16.0 Å². The lowest BCUT2D eigenvalue weighted by Crippen LogP contribution is -2.38. The molecular weight excluding hydrogens is 250 g/mol. The van der Waals surface area contributed by atoms with Crippen molar-refractivity contribution in [3.8, 4) is 0 Å². The number of rotatable bonds is 4. The molecule has 1 aliphatic heterocycles. The van der Waals surface area contributed by atoms with Crippen LogP contribution in [-0.2, 0) is 4.79 Å². The minimum absolute atomic E-state index is 0.0586. The molecular formula is C16H25N3O. The van der Waals surface area contributed by atoms with Crippen LogP contribution in [0.15, 0.2) is 24.3 Å². The lowest BCUT2D eigenvalue weighted by Gasteiger charge is -2.35. The van der Waals surface area contributed by atoms with Crippen LogP contribution in [0.1, 0.15) is 38.3 Å². The Morgan fingerprint density at radius 1 is 1.40 bits per heavy atom. The maximum Gasteiger partial charge on any atom is 0.216 e. The fraction of sp³-hybridized carbons (Fsp3) is 0.562. The van der Waals surface area contributed by atoms with Gasteiger partial charge in [0.15, 0.2) is 0 Å². The summed E-state index contributed by atoms with van der Waals surface area (Å²) in [6, 6.07) is 8.45. The summed E-state index contributed by atoms with van der Waals surface area (Å²) in [5, 5.41) is 2.92. The Bertz CT molecular complexity index is 451. The summed E-state index contributed by atoms with van der Waals surface area (Å²) in [6.45, 7) is 6.48. The molecule has 1 unspecified atom stereocenters. The Morgan fingerprint density at radius 2 is 2.05 bits per heavy atom. The average molecular weight is 275 g/mol. The molecule has 0 aliphatic carbocycles. The van der Waals surface area contributed by atoms with Crippen molar-refractivity contribution < 1.29 is 4.79 Å². The summed E-state index contributed by atoms with van der Waals surface area (Å²) in [5.74, 6) is 0.660. The molecule has 0 aromatic heterocycles. The number of carbonyl (C=O) groups is 1. The Labute approximate surface area is 121 Å². The molecule has 1 atom stereocenters. The number of benzene rings is 1. The third-order valence-electron chi connectivity index (χ3n) is 4.02. The van der Waals surface area contributed by atoms with E-state index in [1.165, 1.54) is 11.3 Å². The topological polar surface area (TPSA) is 58.4 Å². The largest absolute Gasteiger partial charge is 0.371 e. The highest BCUT2D eigenvalue weighted by molar-refractivity contribution is 5.72. The van der Waals surface area contributed by atoms with Gasteiger partial charge in [-0.25, -0.2) is 0 Å². The fourth-order valence-corrected chi connectivity index (χ4v) is 2.83. The molecule has 4 nitrogen and oxygen atoms in total. The highest BCUT2D eigenvalue weighted by Crippen LogP contribution is 2.28. The molecule has 3 N–H and O–H groups in total. The molecule has 2 rings (SSSR count). The van der Waals surface area contributed by atoms with Gasteiger partial charge >= 0.3 is 0 Å². The molecule has 20 heavy (non-hydrogen) atoms. The zero-order valence-corrected chi connectivity index (χ0v) is 12.4. The van der Waals surface area contributed by atoms with Crippen LogP contribution >= 0.6 is 0 Å². The molecule has 0 bridgehead atoms. The first kappa shape index (κ1) is 14.9. The highest BCUT2D eigenvalue weighted by Gasteiger charge is 2.21. The molecule has 0 saturated carbocycles. The molecule has 0 spiro atoms. The summed E-state index contributed by atoms with van der Waals surface area (Å²) in [4.78, 5) is 13.4. The SMILES string of the molecule is CC(=O)NCC1CCN(c2ccccc2C(C)N)CC1. The Hall–Kier alpha value is -1.55. The van der Waals surface area contributed by atoms with Gasteiger partial charge in [-0.2, -0.15) is 0 Å². The first-order chi connectivity index (χ1) is 9.58. The van der Waals surface area contributed by atoms with Crippen LogP contribution < -0.4 is 16.0 Å². The summed E-state index contributed by atoms with van der Waals surface area (Å²) < 4.78 is 0. The summed E-state index contributed by atoms with van der Waals surface area (Å²) in [6.07, 6.45) is 2.24. The predicted octanol–water partition coefficient (Wildman–Crippen LogP) is 2.06. The van der Waals surface area contributed by atoms with E-state index in [1.54, 1.807) is 6.92 Å². The van der Waals surface area contributed by atoms with Crippen molar-refractivity contribution in [3.63, 3.8) is 0 Å². The maximum atomic E-state index is 11.0. The standard InChI is InChI=1S/C16H25N3O/c1-12(17)15-5-3-4-6-16(15)19-9-7-14(8-10-19)11-18-13(2)20/h3-6,12,14H,7-11,17H2,1-2H3,(H,18,20). The molecule has 1 fully saturated rings. The van der Waals surface area contributed by atoms with Crippen LogP contribution in [0.2, 0.25) is 0 Å². The average Bonchev–Trinajstić information content (AvgIpc) is 2.45. The first-order valence-electron chi connectivity index (χ1n) is 7.42. The normalized spacial score (nSPS) is 17.9. The third kappa shape index (κ3) is 3.73. The number of piperidine rings is 1. The second kappa shape index (κ2) is 6.75. The van der Waals surface area contributed by atoms with Gasteiger partial charge in [0.25, 0.3) is 0 Å². The Balaban J connectivity index is 1.95. The van der Waals surface area contributed by atoms with E-state index < -0.39 is 0 Å². The van der Waals surface area contributed by atoms with Crippen LogP contribution in [0, 0.1) is 5.92 Å². The third-order valence-corrected chi connectivity index (χ3v) is 4.02. The summed E-state index contributed by atoms with van der Waals surface area (Å²) >= 11 is 0. The Morgan fingerprint density at radius 3 is 2.65 bits per heavy atom. The van der Waals surface area contributed by atoms with E-state index in [0.717, 1.165) is 32.5 Å². The number of carbonyl (C=O) groups excluding carboxylic acids is 1. The van der Waals surface area contributed by atoms with Crippen LogP contribution in [0.4, 0.5) is 5.69 Å². The number of nitrogens with one attached hydrogen (secondary N) is 1. The number of amides is 1. The van der Waals surface area contributed by atoms with E-state index in [-0.39, 0.29) is 11.9 Å². The summed E-state index contributed by atoms with van der Waals surface area (Å²) in [7, 11) is 0. The number of nitrogens with two attached hydrogens (primary N) is 1. The number of nitrogens with zero attached hydrogens (tertiary/aromatic N) is 1. The van der Waals surface area contributed by atoms with Crippen molar-refractivity contribution in [2.24, 2.45) is 11.7 Å². The van der Waals surface area contributed by atoms with E-state index in [2.05, 4.69) is 28.4 Å². The maximum absolute atomic E-state index is 11.0. The zero-order chi connectivity index (χ0) is 14.5. The van der Waals surface area contributed by atoms with Crippen LogP contribution in [-0.4, -0.2) is 25.5 Å². The number of para-hydroxylation sites is 1. The number of anilines is 1. The molecule has 4 heteroatoms. The lowest BCUT2D eigenvalue weighted by molar-refractivity contribution is -0.119. The van der Waals surface area contributed by atoms with Crippen molar-refractivity contribution in [1.29, 1.82) is 0 Å². The molecule has 1 heterocycles. The van der Waals surface area contributed by atoms with E-state index in [1.807, 2.05) is 13.0 Å². The molecule has 1 aromatic rings. The molecule has 1 saturated heterocycles. The number of hydrogen-bond acceptors (Lipinski definition) is 3. The highest BCUT2D eigenvalue weighted by atomic mass is 16.1. The van der Waals surface area contributed by atoms with Crippen molar-refractivity contribution in [2.45, 2.75) is 32.7 Å². The van der Waals surface area contributed by atoms with E-state index in [4.69, 9.17) is 5.73 Å². The molecule has 1 aliphatic rings. The van der Waals surface area contributed by atoms with Crippen molar-refractivity contribution >= 4 is 11.6 Å². The van der Waals surface area contributed by atoms with Gasteiger partial charge in [0, 0.05) is 38.3 Å². The van der Waals surface area contributed by atoms with Gasteiger partial charge in [0.1, 0.15) is 0 Å². The lowest BCUT2D eigenvalue weighted by atomic mass is 9.95. The van der Waals surface area contributed by atoms with E-state index in [0.29, 0.717) is 5.92 Å². The zero-order valence-electron chi connectivity index (χ0n) is 12.4.